The van der Waals surface area contributed by atoms with E-state index in [0.717, 1.165) is 24.4 Å². The van der Waals surface area contributed by atoms with Gasteiger partial charge in [-0.05, 0) is 56.6 Å². The summed E-state index contributed by atoms with van der Waals surface area (Å²) in [5.41, 5.74) is -0.388. The van der Waals surface area contributed by atoms with Crippen LogP contribution < -0.4 is 30.7 Å². The van der Waals surface area contributed by atoms with Gasteiger partial charge in [-0.25, -0.2) is 19.6 Å². The van der Waals surface area contributed by atoms with E-state index in [1.165, 1.54) is 38.0 Å². The molecule has 1 aromatic carbocycles. The Kier molecular flexibility index (Phi) is 14.0. The predicted molar refractivity (Wildman–Crippen MR) is 248 cm³/mol. The van der Waals surface area contributed by atoms with Crippen LogP contribution in [0.15, 0.2) is 42.3 Å². The number of methoxy groups -OCH3 is 1. The molecule has 0 radical (unpaired) electrons. The highest BCUT2D eigenvalue weighted by molar-refractivity contribution is 7.87. The first-order valence-corrected chi connectivity index (χ1v) is 24.7. The maximum absolute atomic E-state index is 15.2. The van der Waals surface area contributed by atoms with Gasteiger partial charge in [0.2, 0.25) is 11.8 Å². The minimum absolute atomic E-state index is 0.0227. The highest BCUT2D eigenvalue weighted by atomic mass is 32.2. The number of carbonyl (C=O) groups excluding carboxylic acids is 3. The predicted octanol–water partition coefficient (Wildman–Crippen LogP) is 4.84. The molecule has 0 spiro atoms. The Bertz CT molecular complexity index is 2400. The Morgan fingerprint density at radius 1 is 1.06 bits per heavy atom. The molecule has 4 amide bonds. The number of hydrogen-bond donors (Lipinski definition) is 5. The molecule has 2 saturated carbocycles. The summed E-state index contributed by atoms with van der Waals surface area (Å²) in [7, 11) is -0.605. The third kappa shape index (κ3) is 10.3. The van der Waals surface area contributed by atoms with Crippen molar-refractivity contribution in [1.82, 2.24) is 39.4 Å². The molecule has 1 unspecified atom stereocenters. The van der Waals surface area contributed by atoms with Gasteiger partial charge in [-0.3, -0.25) is 9.59 Å². The number of likely N-dealkylation sites (tertiary alicyclic amines) is 1. The number of carbonyl (C=O) groups is 4. The van der Waals surface area contributed by atoms with Crippen LogP contribution in [-0.2, 0) is 24.6 Å². The SMILES string of the molecule is C=CC1C[C@]1(NC(=O)[C@@H]1C[C@@H](Oc2cc(-c3csc(NC(C)C)n3)nc3cc(OC)ccc23)CN1C(=O)[C@@H](NC(=O)N[C@H](CN1CCN(C)S1(=O)=O)C(C)(C)C)C1CCCCC1)C(=O)O. The fraction of sp³-hybridized carbons (Fsp3) is 0.600. The van der Waals surface area contributed by atoms with Crippen LogP contribution in [0, 0.1) is 17.3 Å². The quantitative estimate of drug-likeness (QED) is 0.122. The number of aliphatic carboxylic acids is 1. The maximum atomic E-state index is 15.2. The highest BCUT2D eigenvalue weighted by Gasteiger charge is 2.61. The number of carboxylic acid groups (broad SMARTS) is 1. The number of fused-ring (bicyclic) bond motifs is 1. The number of hydrogen-bond acceptors (Lipinski definition) is 12. The Balaban J connectivity index is 1.20. The van der Waals surface area contributed by atoms with Gasteiger partial charge in [0.25, 0.3) is 10.2 Å². The Morgan fingerprint density at radius 2 is 1.80 bits per heavy atom. The zero-order valence-corrected chi connectivity index (χ0v) is 39.9. The van der Waals surface area contributed by atoms with E-state index in [2.05, 4.69) is 27.8 Å². The fourth-order valence-electron chi connectivity index (χ4n) is 9.08. The van der Waals surface area contributed by atoms with Gasteiger partial charge in [0.1, 0.15) is 40.9 Å². The maximum Gasteiger partial charge on any atom is 0.330 e. The minimum atomic E-state index is -3.69. The van der Waals surface area contributed by atoms with Crippen molar-refractivity contribution in [2.45, 2.75) is 115 Å². The van der Waals surface area contributed by atoms with Crippen LogP contribution in [0.1, 0.15) is 79.6 Å². The van der Waals surface area contributed by atoms with Crippen LogP contribution in [0.3, 0.4) is 0 Å². The fourth-order valence-corrected chi connectivity index (χ4v) is 11.3. The molecule has 2 aliphatic heterocycles. The highest BCUT2D eigenvalue weighted by Crippen LogP contribution is 2.45. The van der Waals surface area contributed by atoms with E-state index in [9.17, 15) is 27.9 Å². The largest absolute Gasteiger partial charge is 0.497 e. The number of nitrogens with one attached hydrogen (secondary N) is 4. The number of anilines is 1. The molecule has 4 heterocycles. The number of amides is 4. The molecular formula is C45H63N9O9S2. The first-order chi connectivity index (χ1) is 30.7. The first-order valence-electron chi connectivity index (χ1n) is 22.4. The van der Waals surface area contributed by atoms with E-state index in [-0.39, 0.29) is 44.4 Å². The second-order valence-corrected chi connectivity index (χ2v) is 22.0. The van der Waals surface area contributed by atoms with Crippen molar-refractivity contribution < 1.29 is 42.2 Å². The lowest BCUT2D eigenvalue weighted by atomic mass is 9.83. The average molecular weight is 938 g/mol. The van der Waals surface area contributed by atoms with Gasteiger partial charge >= 0.3 is 12.0 Å². The number of benzene rings is 1. The molecular weight excluding hydrogens is 875 g/mol. The van der Waals surface area contributed by atoms with Crippen LogP contribution in [0.25, 0.3) is 22.3 Å². The molecule has 4 aliphatic rings. The molecule has 20 heteroatoms. The number of aromatic nitrogens is 2. The summed E-state index contributed by atoms with van der Waals surface area (Å²) in [4.78, 5) is 67.4. The summed E-state index contributed by atoms with van der Waals surface area (Å²) in [5.74, 6) is -2.07. The molecule has 5 N–H and O–H groups in total. The van der Waals surface area contributed by atoms with Gasteiger partial charge in [-0.15, -0.1) is 17.9 Å². The van der Waals surface area contributed by atoms with Gasteiger partial charge in [0, 0.05) is 74.0 Å². The summed E-state index contributed by atoms with van der Waals surface area (Å²) in [6.45, 7) is 14.1. The molecule has 18 nitrogen and oxygen atoms in total. The monoisotopic (exact) mass is 937 g/mol. The van der Waals surface area contributed by atoms with Crippen LogP contribution in [0.5, 0.6) is 11.5 Å². The van der Waals surface area contributed by atoms with Gasteiger partial charge in [0.15, 0.2) is 5.13 Å². The summed E-state index contributed by atoms with van der Waals surface area (Å²) < 4.78 is 41.0. The van der Waals surface area contributed by atoms with Crippen molar-refractivity contribution in [2.75, 3.05) is 45.7 Å². The number of pyridine rings is 1. The molecule has 2 aromatic heterocycles. The summed E-state index contributed by atoms with van der Waals surface area (Å²) >= 11 is 1.45. The van der Waals surface area contributed by atoms with Crippen LogP contribution in [0.4, 0.5) is 9.93 Å². The first kappa shape index (κ1) is 47.9. The molecule has 0 bridgehead atoms. The van der Waals surface area contributed by atoms with Gasteiger partial charge in [-0.2, -0.15) is 17.0 Å². The van der Waals surface area contributed by atoms with E-state index < -0.39 is 75.1 Å². The van der Waals surface area contributed by atoms with Gasteiger partial charge in [0.05, 0.1) is 24.9 Å². The summed E-state index contributed by atoms with van der Waals surface area (Å²) in [6, 6.07) is 3.90. The molecule has 4 fully saturated rings. The van der Waals surface area contributed by atoms with Crippen molar-refractivity contribution in [3.05, 3.63) is 42.3 Å². The number of nitrogens with zero attached hydrogens (tertiary/aromatic N) is 5. The Morgan fingerprint density at radius 3 is 2.42 bits per heavy atom. The van der Waals surface area contributed by atoms with E-state index in [1.807, 2.05) is 46.1 Å². The zero-order chi connectivity index (χ0) is 47.0. The Labute approximate surface area is 385 Å². The van der Waals surface area contributed by atoms with Gasteiger partial charge in [-0.1, -0.05) is 46.1 Å². The molecule has 354 valence electrons. The number of urea groups is 1. The van der Waals surface area contributed by atoms with E-state index >= 15 is 4.79 Å². The molecule has 7 rings (SSSR count). The molecule has 65 heavy (non-hydrogen) atoms. The molecule has 2 aliphatic carbocycles. The van der Waals surface area contributed by atoms with E-state index in [0.29, 0.717) is 53.2 Å². The normalized spacial score (nSPS) is 24.6. The molecule has 2 saturated heterocycles. The van der Waals surface area contributed by atoms with Crippen molar-refractivity contribution in [3.63, 3.8) is 0 Å². The molecule has 6 atom stereocenters. The Hall–Kier alpha value is -5.05. The number of rotatable bonds is 16. The van der Waals surface area contributed by atoms with Crippen molar-refractivity contribution in [3.8, 4) is 22.9 Å². The third-order valence-corrected chi connectivity index (χ3v) is 15.9. The third-order valence-electron chi connectivity index (χ3n) is 13.1. The standard InChI is InChI=1S/C45H63N9O9S2/c1-9-28-22-45(28,41(57)58)51-39(55)35-20-30(63-36-21-33(34-25-64-43(48-34)46-26(2)3)47-32-19-29(62-8)15-16-31(32)36)23-54(35)40(56)38(27-13-11-10-12-14-27)50-42(59)49-37(44(4,5)6)24-53-18-17-52(7)65(53,60)61/h9,15-16,19,21,25-28,30,35,37-38H,1,10-14,17-18,20,22-24H2,2-8H3,(H,46,48)(H,51,55)(H,57,58)(H2,49,50,59)/t28?,30-,35+,37-,38+,45-/m1/s1. The number of likely N-dealkylation sites (N-methyl/N-ethyl adjacent to an activating group) is 1. The lowest BCUT2D eigenvalue weighted by Crippen LogP contribution is -2.61. The van der Waals surface area contributed by atoms with Crippen LogP contribution >= 0.6 is 11.3 Å². The van der Waals surface area contributed by atoms with Crippen molar-refractivity contribution in [1.29, 1.82) is 0 Å². The lowest BCUT2D eigenvalue weighted by Gasteiger charge is -2.37. The second kappa shape index (κ2) is 19.0. The van der Waals surface area contributed by atoms with Crippen molar-refractivity contribution >= 4 is 61.4 Å². The van der Waals surface area contributed by atoms with Crippen molar-refractivity contribution in [2.24, 2.45) is 17.3 Å². The van der Waals surface area contributed by atoms with Crippen LogP contribution in [0.2, 0.25) is 0 Å². The zero-order valence-electron chi connectivity index (χ0n) is 38.3. The van der Waals surface area contributed by atoms with E-state index in [4.69, 9.17) is 19.4 Å². The second-order valence-electron chi connectivity index (χ2n) is 19.1. The lowest BCUT2D eigenvalue weighted by molar-refractivity contribution is -0.146. The minimum Gasteiger partial charge on any atom is -0.497 e. The number of thiazole rings is 1. The number of ether oxygens (including phenoxy) is 2. The van der Waals surface area contributed by atoms with Gasteiger partial charge < -0.3 is 40.7 Å². The number of carboxylic acids is 1. The molecule has 3 aromatic rings. The van der Waals surface area contributed by atoms with Crippen LogP contribution in [-0.4, -0.2) is 137 Å². The smallest absolute Gasteiger partial charge is 0.330 e. The summed E-state index contributed by atoms with van der Waals surface area (Å²) in [6.07, 6.45) is 4.93. The topological polar surface area (TPSA) is 225 Å². The van der Waals surface area contributed by atoms with E-state index in [1.54, 1.807) is 25.3 Å². The average Bonchev–Trinajstić information content (AvgIpc) is 3.46. The summed E-state index contributed by atoms with van der Waals surface area (Å²) in [5, 5.41) is 25.6.